The minimum atomic E-state index is -0.441. The Bertz CT molecular complexity index is 382. The van der Waals surface area contributed by atoms with Crippen molar-refractivity contribution in [1.82, 2.24) is 9.97 Å². The van der Waals surface area contributed by atoms with Crippen molar-refractivity contribution < 1.29 is 4.84 Å². The van der Waals surface area contributed by atoms with Crippen molar-refractivity contribution >= 4 is 17.5 Å². The van der Waals surface area contributed by atoms with Crippen LogP contribution in [-0.4, -0.2) is 16.6 Å². The molecule has 0 aliphatic carbocycles. The quantitative estimate of drug-likeness (QED) is 0.420. The molecule has 68 valence electrons. The average Bonchev–Trinajstić information content (AvgIpc) is 2.12. The Morgan fingerprint density at radius 2 is 2.62 bits per heavy atom. The van der Waals surface area contributed by atoms with Crippen molar-refractivity contribution in [3.8, 4) is 12.3 Å². The van der Waals surface area contributed by atoms with Gasteiger partial charge in [0.2, 0.25) is 5.95 Å². The molecule has 2 N–H and O–H groups in total. The molecule has 5 nitrogen and oxygen atoms in total. The fraction of sp³-hybridized carbons (Fsp3) is 0.143. The Morgan fingerprint density at radius 1 is 1.85 bits per heavy atom. The van der Waals surface area contributed by atoms with Gasteiger partial charge in [-0.1, -0.05) is 17.5 Å². The zero-order valence-corrected chi connectivity index (χ0v) is 7.26. The Balaban J connectivity index is 2.65. The largest absolute Gasteiger partial charge is 0.290 e. The third-order valence-electron chi connectivity index (χ3n) is 1.08. The fourth-order valence-electron chi connectivity index (χ4n) is 0.577. The van der Waals surface area contributed by atoms with Gasteiger partial charge in [0.1, 0.15) is 11.6 Å². The maximum absolute atomic E-state index is 10.9. The van der Waals surface area contributed by atoms with Crippen LogP contribution in [0.25, 0.3) is 0 Å². The topological polar surface area (TPSA) is 67.0 Å². The predicted molar refractivity (Wildman–Crippen MR) is 48.3 cm³/mol. The summed E-state index contributed by atoms with van der Waals surface area (Å²) >= 11 is 5.43. The summed E-state index contributed by atoms with van der Waals surface area (Å²) in [6.45, 7) is 0.0757. The first kappa shape index (κ1) is 9.58. The molecular weight excluding hydrogens is 194 g/mol. The van der Waals surface area contributed by atoms with Crippen LogP contribution in [-0.2, 0) is 4.84 Å². The zero-order chi connectivity index (χ0) is 9.68. The smallest absolute Gasteiger partial charge is 0.271 e. The first-order chi connectivity index (χ1) is 6.24. The van der Waals surface area contributed by atoms with Crippen LogP contribution < -0.4 is 11.0 Å². The van der Waals surface area contributed by atoms with E-state index in [4.69, 9.17) is 22.9 Å². The van der Waals surface area contributed by atoms with E-state index in [1.165, 1.54) is 6.20 Å². The van der Waals surface area contributed by atoms with Gasteiger partial charge >= 0.3 is 0 Å². The molecule has 0 amide bonds. The van der Waals surface area contributed by atoms with Gasteiger partial charge in [-0.3, -0.25) is 14.6 Å². The van der Waals surface area contributed by atoms with E-state index in [0.29, 0.717) is 0 Å². The van der Waals surface area contributed by atoms with Crippen molar-refractivity contribution in [3.63, 3.8) is 0 Å². The van der Waals surface area contributed by atoms with Crippen molar-refractivity contribution in [3.05, 3.63) is 21.6 Å². The lowest BCUT2D eigenvalue weighted by molar-refractivity contribution is 0.230. The van der Waals surface area contributed by atoms with E-state index in [1.54, 1.807) is 0 Å². The highest BCUT2D eigenvalue weighted by Crippen LogP contribution is 1.99. The summed E-state index contributed by atoms with van der Waals surface area (Å²) in [5, 5.41) is 0.0162. The van der Waals surface area contributed by atoms with Crippen LogP contribution in [0.4, 0.5) is 5.95 Å². The maximum atomic E-state index is 10.9. The Kier molecular flexibility index (Phi) is 3.31. The van der Waals surface area contributed by atoms with Crippen LogP contribution in [0.2, 0.25) is 5.02 Å². The van der Waals surface area contributed by atoms with Crippen molar-refractivity contribution in [1.29, 1.82) is 0 Å². The van der Waals surface area contributed by atoms with Crippen molar-refractivity contribution in [2.45, 2.75) is 0 Å². The number of rotatable bonds is 3. The zero-order valence-electron chi connectivity index (χ0n) is 6.50. The van der Waals surface area contributed by atoms with Gasteiger partial charge in [0.05, 0.1) is 6.20 Å². The van der Waals surface area contributed by atoms with Gasteiger partial charge < -0.3 is 0 Å². The van der Waals surface area contributed by atoms with Crippen LogP contribution in [0.3, 0.4) is 0 Å². The highest BCUT2D eigenvalue weighted by Gasteiger charge is 1.97. The first-order valence-corrected chi connectivity index (χ1v) is 3.68. The summed E-state index contributed by atoms with van der Waals surface area (Å²) in [7, 11) is 0. The standard InChI is InChI=1S/C7H6ClN3O2/c1-2-3-13-11-7-9-4-5(8)6(12)10-7/h1,4H,3H2,(H2,9,10,11,12). The molecule has 0 saturated heterocycles. The number of nitrogens with zero attached hydrogens (tertiary/aromatic N) is 1. The summed E-state index contributed by atoms with van der Waals surface area (Å²) < 4.78 is 0. The predicted octanol–water partition coefficient (Wildman–Crippen LogP) is 0.400. The molecule has 1 heterocycles. The number of aromatic nitrogens is 2. The molecule has 0 aliphatic rings. The van der Waals surface area contributed by atoms with Crippen LogP contribution >= 0.6 is 11.6 Å². The summed E-state index contributed by atoms with van der Waals surface area (Å²) in [5.41, 5.74) is 1.90. The Hall–Kier alpha value is -1.51. The number of terminal acetylenes is 1. The minimum Gasteiger partial charge on any atom is -0.290 e. The number of H-pyrrole nitrogens is 1. The molecule has 0 radical (unpaired) electrons. The Morgan fingerprint density at radius 3 is 3.23 bits per heavy atom. The van der Waals surface area contributed by atoms with Gasteiger partial charge in [-0.2, -0.15) is 0 Å². The number of hydrogen-bond donors (Lipinski definition) is 2. The lowest BCUT2D eigenvalue weighted by atomic mass is 10.6. The van der Waals surface area contributed by atoms with Gasteiger partial charge in [0.25, 0.3) is 5.56 Å². The van der Waals surface area contributed by atoms with E-state index in [9.17, 15) is 4.79 Å². The van der Waals surface area contributed by atoms with Crippen LogP contribution in [0, 0.1) is 12.3 Å². The first-order valence-electron chi connectivity index (χ1n) is 3.30. The molecule has 1 aromatic heterocycles. The van der Waals surface area contributed by atoms with Gasteiger partial charge in [0, 0.05) is 0 Å². The molecule has 6 heteroatoms. The van der Waals surface area contributed by atoms with Gasteiger partial charge in [-0.05, 0) is 0 Å². The molecule has 0 aromatic carbocycles. The third-order valence-corrected chi connectivity index (χ3v) is 1.35. The van der Waals surface area contributed by atoms with Gasteiger partial charge in [0.15, 0.2) is 0 Å². The van der Waals surface area contributed by atoms with E-state index in [1.807, 2.05) is 0 Å². The fourth-order valence-corrected chi connectivity index (χ4v) is 0.673. The maximum Gasteiger partial charge on any atom is 0.271 e. The van der Waals surface area contributed by atoms with E-state index in [-0.39, 0.29) is 17.6 Å². The normalized spacial score (nSPS) is 9.23. The lowest BCUT2D eigenvalue weighted by Crippen LogP contribution is -2.13. The molecule has 0 saturated carbocycles. The minimum absolute atomic E-state index is 0.0162. The van der Waals surface area contributed by atoms with Gasteiger partial charge in [-0.25, -0.2) is 10.5 Å². The second kappa shape index (κ2) is 4.50. The summed E-state index contributed by atoms with van der Waals surface area (Å²) in [6, 6.07) is 0. The number of hydrogen-bond acceptors (Lipinski definition) is 4. The number of nitrogens with one attached hydrogen (secondary N) is 2. The molecule has 1 aromatic rings. The molecule has 0 unspecified atom stereocenters. The highest BCUT2D eigenvalue weighted by molar-refractivity contribution is 6.30. The number of aromatic amines is 1. The van der Waals surface area contributed by atoms with Crippen LogP contribution in [0.15, 0.2) is 11.0 Å². The van der Waals surface area contributed by atoms with E-state index in [0.717, 1.165) is 0 Å². The Labute approximate surface area is 79.0 Å². The van der Waals surface area contributed by atoms with Crippen LogP contribution in [0.5, 0.6) is 0 Å². The molecule has 0 bridgehead atoms. The molecule has 0 fully saturated rings. The molecule has 13 heavy (non-hydrogen) atoms. The molecule has 0 spiro atoms. The van der Waals surface area contributed by atoms with Gasteiger partial charge in [-0.15, -0.1) is 6.42 Å². The second-order valence-corrected chi connectivity index (χ2v) is 2.41. The average molecular weight is 200 g/mol. The lowest BCUT2D eigenvalue weighted by Gasteiger charge is -2.01. The van der Waals surface area contributed by atoms with Crippen LogP contribution in [0.1, 0.15) is 0 Å². The monoisotopic (exact) mass is 199 g/mol. The second-order valence-electron chi connectivity index (χ2n) is 2.00. The van der Waals surface area contributed by atoms with E-state index < -0.39 is 5.56 Å². The molecular formula is C7H6ClN3O2. The molecule has 1 rings (SSSR count). The van der Waals surface area contributed by atoms with E-state index >= 15 is 0 Å². The molecule has 0 atom stereocenters. The highest BCUT2D eigenvalue weighted by atomic mass is 35.5. The third kappa shape index (κ3) is 2.78. The SMILES string of the molecule is C#CCONc1ncc(Cl)c(=O)[nH]1. The number of halogens is 1. The number of anilines is 1. The van der Waals surface area contributed by atoms with Crippen molar-refractivity contribution in [2.24, 2.45) is 0 Å². The summed E-state index contributed by atoms with van der Waals surface area (Å²) in [4.78, 5) is 21.7. The van der Waals surface area contributed by atoms with Crippen molar-refractivity contribution in [2.75, 3.05) is 12.1 Å². The van der Waals surface area contributed by atoms with E-state index in [2.05, 4.69) is 21.4 Å². The summed E-state index contributed by atoms with van der Waals surface area (Å²) in [6.07, 6.45) is 6.13. The molecule has 0 aliphatic heterocycles. The summed E-state index contributed by atoms with van der Waals surface area (Å²) in [5.74, 6) is 2.39.